The van der Waals surface area contributed by atoms with E-state index in [1.54, 1.807) is 0 Å². The van der Waals surface area contributed by atoms with Crippen molar-refractivity contribution in [3.63, 3.8) is 0 Å². The number of aryl methyl sites for hydroxylation is 1. The van der Waals surface area contributed by atoms with Crippen LogP contribution in [0.3, 0.4) is 0 Å². The second kappa shape index (κ2) is 6.20. The lowest BCUT2D eigenvalue weighted by Gasteiger charge is -2.57. The van der Waals surface area contributed by atoms with Crippen molar-refractivity contribution in [2.75, 3.05) is 0 Å². The molecule has 1 heterocycles. The maximum Gasteiger partial charge on any atom is 0.312 e. The van der Waals surface area contributed by atoms with E-state index in [2.05, 4.69) is 58.9 Å². The van der Waals surface area contributed by atoms with Crippen molar-refractivity contribution < 1.29 is 9.53 Å². The summed E-state index contributed by atoms with van der Waals surface area (Å²) in [4.78, 5) is 12.6. The van der Waals surface area contributed by atoms with Gasteiger partial charge in [0.15, 0.2) is 0 Å². The number of benzene rings is 1. The average Bonchev–Trinajstić information content (AvgIpc) is 2.53. The maximum atomic E-state index is 12.6. The van der Waals surface area contributed by atoms with Crippen LogP contribution in [0.1, 0.15) is 77.3 Å². The fraction of sp³-hybridized carbons (Fsp3) is 0.682. The summed E-state index contributed by atoms with van der Waals surface area (Å²) in [5.74, 6) is 1.01. The van der Waals surface area contributed by atoms with Gasteiger partial charge in [0, 0.05) is 5.41 Å². The number of esters is 1. The number of cyclic esters (lactones) is 1. The Balaban J connectivity index is 1.82. The van der Waals surface area contributed by atoms with Crippen LogP contribution >= 0.6 is 0 Å². The van der Waals surface area contributed by atoms with Crippen LogP contribution in [0.2, 0.25) is 0 Å². The molecule has 1 aliphatic heterocycles. The van der Waals surface area contributed by atoms with E-state index in [0.717, 1.165) is 25.7 Å². The Hall–Kier alpha value is -1.31. The van der Waals surface area contributed by atoms with Gasteiger partial charge in [-0.2, -0.15) is 0 Å². The second-order valence-electron chi connectivity index (χ2n) is 8.82. The molecular formula is C22H32O2. The largest absolute Gasteiger partial charge is 0.462 e. The zero-order valence-electron chi connectivity index (χ0n) is 15.9. The number of carbonyl (C=O) groups is 1. The number of fused-ring (bicyclic) bond motifs is 2. The molecule has 1 saturated carbocycles. The maximum absolute atomic E-state index is 12.6. The van der Waals surface area contributed by atoms with Crippen molar-refractivity contribution in [2.45, 2.75) is 78.7 Å². The highest BCUT2D eigenvalue weighted by molar-refractivity contribution is 5.78. The summed E-state index contributed by atoms with van der Waals surface area (Å²) >= 11 is 0. The molecule has 2 unspecified atom stereocenters. The van der Waals surface area contributed by atoms with Crippen LogP contribution in [0.4, 0.5) is 0 Å². The Labute approximate surface area is 147 Å². The molecule has 0 aromatic heterocycles. The third-order valence-electron chi connectivity index (χ3n) is 6.99. The summed E-state index contributed by atoms with van der Waals surface area (Å²) < 4.78 is 5.75. The summed E-state index contributed by atoms with van der Waals surface area (Å²) in [6, 6.07) is 8.96. The Kier molecular flexibility index (Phi) is 4.53. The van der Waals surface area contributed by atoms with Gasteiger partial charge in [0.25, 0.3) is 0 Å². The van der Waals surface area contributed by atoms with Gasteiger partial charge < -0.3 is 4.74 Å². The smallest absolute Gasteiger partial charge is 0.312 e. The molecule has 0 N–H and O–H groups in total. The lowest BCUT2D eigenvalue weighted by Crippen LogP contribution is -2.59. The van der Waals surface area contributed by atoms with Gasteiger partial charge in [-0.25, -0.2) is 0 Å². The molecular weight excluding hydrogens is 296 g/mol. The summed E-state index contributed by atoms with van der Waals surface area (Å²) in [5.41, 5.74) is 2.63. The first-order valence-corrected chi connectivity index (χ1v) is 9.57. The SMILES string of the molecule is CC(C)c1cccc(CCC2[C@]3(C)CCC[C@@]2(C)C(=O)OC3C)c1. The molecule has 2 heteroatoms. The first kappa shape index (κ1) is 17.5. The number of carbonyl (C=O) groups excluding carboxylic acids is 1. The van der Waals surface area contributed by atoms with Crippen molar-refractivity contribution in [3.05, 3.63) is 35.4 Å². The summed E-state index contributed by atoms with van der Waals surface area (Å²) in [6.07, 6.45) is 5.46. The van der Waals surface area contributed by atoms with Gasteiger partial charge in [-0.05, 0) is 62.5 Å². The molecule has 4 atom stereocenters. The van der Waals surface area contributed by atoms with Gasteiger partial charge in [-0.1, -0.05) is 51.5 Å². The van der Waals surface area contributed by atoms with E-state index < -0.39 is 0 Å². The third kappa shape index (κ3) is 2.78. The minimum Gasteiger partial charge on any atom is -0.462 e. The van der Waals surface area contributed by atoms with Crippen molar-refractivity contribution in [2.24, 2.45) is 16.7 Å². The first-order chi connectivity index (χ1) is 11.3. The summed E-state index contributed by atoms with van der Waals surface area (Å²) in [7, 11) is 0. The fourth-order valence-corrected chi connectivity index (χ4v) is 5.14. The quantitative estimate of drug-likeness (QED) is 0.682. The van der Waals surface area contributed by atoms with Crippen molar-refractivity contribution in [3.8, 4) is 0 Å². The molecule has 1 aromatic carbocycles. The molecule has 132 valence electrons. The van der Waals surface area contributed by atoms with Gasteiger partial charge in [-0.15, -0.1) is 0 Å². The van der Waals surface area contributed by atoms with Crippen LogP contribution < -0.4 is 0 Å². The second-order valence-corrected chi connectivity index (χ2v) is 8.82. The van der Waals surface area contributed by atoms with Crippen molar-refractivity contribution in [1.29, 1.82) is 0 Å². The Morgan fingerprint density at radius 2 is 2.00 bits per heavy atom. The van der Waals surface area contributed by atoms with Gasteiger partial charge in [0.05, 0.1) is 5.41 Å². The average molecular weight is 328 g/mol. The Morgan fingerprint density at radius 1 is 1.25 bits per heavy atom. The zero-order valence-corrected chi connectivity index (χ0v) is 15.9. The molecule has 2 fully saturated rings. The molecule has 0 spiro atoms. The molecule has 1 saturated heterocycles. The van der Waals surface area contributed by atoms with Crippen LogP contribution in [0.25, 0.3) is 0 Å². The van der Waals surface area contributed by atoms with Gasteiger partial charge in [-0.3, -0.25) is 4.79 Å². The minimum atomic E-state index is -0.296. The van der Waals surface area contributed by atoms with E-state index in [1.807, 2.05) is 0 Å². The molecule has 2 nitrogen and oxygen atoms in total. The predicted molar refractivity (Wildman–Crippen MR) is 98.0 cm³/mol. The Bertz CT molecular complexity index is 620. The number of ether oxygens (including phenoxy) is 1. The first-order valence-electron chi connectivity index (χ1n) is 9.57. The van der Waals surface area contributed by atoms with E-state index in [4.69, 9.17) is 4.74 Å². The van der Waals surface area contributed by atoms with Crippen LogP contribution in [-0.4, -0.2) is 12.1 Å². The minimum absolute atomic E-state index is 0.0328. The van der Waals surface area contributed by atoms with Crippen LogP contribution in [-0.2, 0) is 16.0 Å². The number of hydrogen-bond donors (Lipinski definition) is 0. The molecule has 2 bridgehead atoms. The van der Waals surface area contributed by atoms with E-state index in [-0.39, 0.29) is 22.9 Å². The summed E-state index contributed by atoms with van der Waals surface area (Å²) in [5, 5.41) is 0. The van der Waals surface area contributed by atoms with E-state index in [0.29, 0.717) is 11.8 Å². The van der Waals surface area contributed by atoms with Crippen LogP contribution in [0.5, 0.6) is 0 Å². The normalized spacial score (nSPS) is 35.8. The molecule has 0 radical (unpaired) electrons. The fourth-order valence-electron chi connectivity index (χ4n) is 5.14. The number of rotatable bonds is 4. The highest BCUT2D eigenvalue weighted by Crippen LogP contribution is 2.58. The molecule has 1 aromatic rings. The topological polar surface area (TPSA) is 26.3 Å². The third-order valence-corrected chi connectivity index (χ3v) is 6.99. The molecule has 3 rings (SSSR count). The molecule has 24 heavy (non-hydrogen) atoms. The highest BCUT2D eigenvalue weighted by Gasteiger charge is 2.59. The van der Waals surface area contributed by atoms with Gasteiger partial charge >= 0.3 is 5.97 Å². The Morgan fingerprint density at radius 3 is 2.71 bits per heavy atom. The zero-order chi connectivity index (χ0) is 17.5. The van der Waals surface area contributed by atoms with Crippen molar-refractivity contribution >= 4 is 5.97 Å². The highest BCUT2D eigenvalue weighted by atomic mass is 16.5. The van der Waals surface area contributed by atoms with E-state index >= 15 is 0 Å². The summed E-state index contributed by atoms with van der Waals surface area (Å²) in [6.45, 7) is 11.1. The van der Waals surface area contributed by atoms with Crippen molar-refractivity contribution in [1.82, 2.24) is 0 Å². The van der Waals surface area contributed by atoms with Crippen LogP contribution in [0.15, 0.2) is 24.3 Å². The predicted octanol–water partition coefficient (Wildman–Crippen LogP) is 5.50. The molecule has 0 amide bonds. The molecule has 2 aliphatic rings. The molecule has 1 aliphatic carbocycles. The lowest BCUT2D eigenvalue weighted by atomic mass is 9.51. The standard InChI is InChI=1S/C22H32O2/c1-15(2)18-9-6-8-17(14-18)10-11-19-21(4)12-7-13-22(19,5)20(23)24-16(21)3/h6,8-9,14-16,19H,7,10-13H2,1-5H3/t16?,19?,21-,22-/m1/s1. The van der Waals surface area contributed by atoms with Gasteiger partial charge in [0.2, 0.25) is 0 Å². The van der Waals surface area contributed by atoms with E-state index in [9.17, 15) is 4.79 Å². The lowest BCUT2D eigenvalue weighted by molar-refractivity contribution is -0.210. The number of hydrogen-bond acceptors (Lipinski definition) is 2. The monoisotopic (exact) mass is 328 g/mol. The van der Waals surface area contributed by atoms with E-state index in [1.165, 1.54) is 17.5 Å². The van der Waals surface area contributed by atoms with Gasteiger partial charge in [0.1, 0.15) is 6.10 Å². The van der Waals surface area contributed by atoms with Crippen LogP contribution in [0, 0.1) is 16.7 Å².